The van der Waals surface area contributed by atoms with Crippen molar-refractivity contribution in [2.24, 2.45) is 5.73 Å². The normalized spacial score (nSPS) is 12.1. The van der Waals surface area contributed by atoms with Crippen LogP contribution in [-0.4, -0.2) is 5.11 Å². The summed E-state index contributed by atoms with van der Waals surface area (Å²) in [6.07, 6.45) is 0.920. The van der Waals surface area contributed by atoms with E-state index in [2.05, 4.69) is 6.92 Å². The van der Waals surface area contributed by atoms with Crippen molar-refractivity contribution in [3.63, 3.8) is 0 Å². The maximum absolute atomic E-state index is 9.37. The van der Waals surface area contributed by atoms with Crippen LogP contribution in [-0.2, 0) is 6.61 Å². The molecule has 100 valence electrons. The average molecular weight is 257 g/mol. The van der Waals surface area contributed by atoms with Crippen LogP contribution in [0.3, 0.4) is 0 Å². The molecule has 1 atom stereocenters. The highest BCUT2D eigenvalue weighted by Crippen LogP contribution is 2.19. The maximum atomic E-state index is 9.37. The smallest absolute Gasteiger partial charge is 0.119 e. The van der Waals surface area contributed by atoms with Gasteiger partial charge in [0.25, 0.3) is 0 Å². The van der Waals surface area contributed by atoms with E-state index in [1.165, 1.54) is 0 Å². The van der Waals surface area contributed by atoms with Gasteiger partial charge >= 0.3 is 0 Å². The largest absolute Gasteiger partial charge is 0.508 e. The lowest BCUT2D eigenvalue weighted by Gasteiger charge is -2.11. The first kappa shape index (κ1) is 13.4. The van der Waals surface area contributed by atoms with Crippen LogP contribution in [0, 0.1) is 0 Å². The van der Waals surface area contributed by atoms with E-state index in [0.29, 0.717) is 6.61 Å². The Labute approximate surface area is 113 Å². The number of hydrogen-bond donors (Lipinski definition) is 2. The van der Waals surface area contributed by atoms with Crippen LogP contribution in [0.25, 0.3) is 0 Å². The van der Waals surface area contributed by atoms with E-state index < -0.39 is 0 Å². The van der Waals surface area contributed by atoms with Crippen molar-refractivity contribution in [3.8, 4) is 11.5 Å². The number of ether oxygens (including phenoxy) is 1. The zero-order valence-corrected chi connectivity index (χ0v) is 11.0. The molecule has 0 spiro atoms. The number of phenols is 1. The van der Waals surface area contributed by atoms with Crippen LogP contribution in [0.5, 0.6) is 11.5 Å². The minimum Gasteiger partial charge on any atom is -0.508 e. The average Bonchev–Trinajstić information content (AvgIpc) is 2.45. The summed E-state index contributed by atoms with van der Waals surface area (Å²) in [6.45, 7) is 2.50. The van der Waals surface area contributed by atoms with Gasteiger partial charge in [0.2, 0.25) is 0 Å². The third-order valence-corrected chi connectivity index (χ3v) is 3.06. The lowest BCUT2D eigenvalue weighted by atomic mass is 10.1. The monoisotopic (exact) mass is 257 g/mol. The Kier molecular flexibility index (Phi) is 4.42. The van der Waals surface area contributed by atoms with E-state index in [-0.39, 0.29) is 11.8 Å². The summed E-state index contributed by atoms with van der Waals surface area (Å²) in [7, 11) is 0. The van der Waals surface area contributed by atoms with Gasteiger partial charge in [0.1, 0.15) is 18.1 Å². The van der Waals surface area contributed by atoms with Crippen LogP contribution >= 0.6 is 0 Å². The van der Waals surface area contributed by atoms with Crippen molar-refractivity contribution in [2.75, 3.05) is 0 Å². The fourth-order valence-corrected chi connectivity index (χ4v) is 1.86. The molecule has 0 saturated carbocycles. The molecule has 2 aromatic carbocycles. The van der Waals surface area contributed by atoms with Crippen molar-refractivity contribution < 1.29 is 9.84 Å². The number of rotatable bonds is 5. The highest BCUT2D eigenvalue weighted by atomic mass is 16.5. The summed E-state index contributed by atoms with van der Waals surface area (Å²) >= 11 is 0. The fourth-order valence-electron chi connectivity index (χ4n) is 1.86. The molecule has 19 heavy (non-hydrogen) atoms. The molecule has 3 nitrogen and oxygen atoms in total. The van der Waals surface area contributed by atoms with Crippen molar-refractivity contribution in [1.29, 1.82) is 0 Å². The summed E-state index contributed by atoms with van der Waals surface area (Å²) in [6, 6.07) is 15.0. The Bertz CT molecular complexity index is 523. The van der Waals surface area contributed by atoms with E-state index in [1.807, 2.05) is 30.3 Å². The zero-order chi connectivity index (χ0) is 13.7. The molecular weight excluding hydrogens is 238 g/mol. The molecular formula is C16H19NO2. The van der Waals surface area contributed by atoms with Crippen LogP contribution < -0.4 is 10.5 Å². The Morgan fingerprint density at radius 3 is 2.53 bits per heavy atom. The zero-order valence-electron chi connectivity index (χ0n) is 11.0. The number of hydrogen-bond acceptors (Lipinski definition) is 3. The van der Waals surface area contributed by atoms with Gasteiger partial charge < -0.3 is 15.6 Å². The second-order valence-corrected chi connectivity index (χ2v) is 4.54. The first-order chi connectivity index (χ1) is 9.19. The summed E-state index contributed by atoms with van der Waals surface area (Å²) < 4.78 is 5.66. The molecule has 0 amide bonds. The van der Waals surface area contributed by atoms with Gasteiger partial charge in [-0.15, -0.1) is 0 Å². The molecule has 0 aliphatic carbocycles. The molecule has 0 fully saturated rings. The molecule has 0 radical (unpaired) electrons. The SMILES string of the molecule is CCC(N)c1ccc(OCc2cccc(O)c2)cc1. The third-order valence-electron chi connectivity index (χ3n) is 3.06. The molecule has 3 heteroatoms. The molecule has 2 aromatic rings. The Morgan fingerprint density at radius 2 is 1.89 bits per heavy atom. The molecule has 3 N–H and O–H groups in total. The first-order valence-corrected chi connectivity index (χ1v) is 6.45. The molecule has 1 unspecified atom stereocenters. The summed E-state index contributed by atoms with van der Waals surface area (Å²) in [5, 5.41) is 9.37. The highest BCUT2D eigenvalue weighted by molar-refractivity contribution is 5.30. The van der Waals surface area contributed by atoms with Crippen LogP contribution in [0.4, 0.5) is 0 Å². The summed E-state index contributed by atoms with van der Waals surface area (Å²) in [5.74, 6) is 1.06. The summed E-state index contributed by atoms with van der Waals surface area (Å²) in [5.41, 5.74) is 8.01. The fraction of sp³-hybridized carbons (Fsp3) is 0.250. The van der Waals surface area contributed by atoms with E-state index in [1.54, 1.807) is 18.2 Å². The van der Waals surface area contributed by atoms with Crippen LogP contribution in [0.15, 0.2) is 48.5 Å². The van der Waals surface area contributed by atoms with Crippen LogP contribution in [0.2, 0.25) is 0 Å². The van der Waals surface area contributed by atoms with E-state index >= 15 is 0 Å². The summed E-state index contributed by atoms with van der Waals surface area (Å²) in [4.78, 5) is 0. The van der Waals surface area contributed by atoms with Crippen molar-refractivity contribution >= 4 is 0 Å². The number of nitrogens with two attached hydrogens (primary N) is 1. The third kappa shape index (κ3) is 3.73. The predicted molar refractivity (Wildman–Crippen MR) is 76.1 cm³/mol. The molecule has 0 aliphatic heterocycles. The van der Waals surface area contributed by atoms with Gasteiger partial charge in [-0.2, -0.15) is 0 Å². The van der Waals surface area contributed by atoms with Gasteiger partial charge in [0, 0.05) is 6.04 Å². The Hall–Kier alpha value is -2.00. The first-order valence-electron chi connectivity index (χ1n) is 6.45. The number of benzene rings is 2. The van der Waals surface area contributed by atoms with E-state index in [0.717, 1.165) is 23.3 Å². The lowest BCUT2D eigenvalue weighted by molar-refractivity contribution is 0.305. The van der Waals surface area contributed by atoms with Gasteiger partial charge in [-0.1, -0.05) is 31.2 Å². The van der Waals surface area contributed by atoms with Gasteiger partial charge in [-0.25, -0.2) is 0 Å². The standard InChI is InChI=1S/C16H19NO2/c1-2-16(17)13-6-8-15(9-7-13)19-11-12-4-3-5-14(18)10-12/h3-10,16,18H,2,11,17H2,1H3. The molecule has 0 aliphatic rings. The quantitative estimate of drug-likeness (QED) is 0.863. The lowest BCUT2D eigenvalue weighted by Crippen LogP contribution is -2.08. The second kappa shape index (κ2) is 6.25. The second-order valence-electron chi connectivity index (χ2n) is 4.54. The molecule has 0 bridgehead atoms. The van der Waals surface area contributed by atoms with E-state index in [9.17, 15) is 5.11 Å². The number of phenolic OH excluding ortho intramolecular Hbond substituents is 1. The van der Waals surface area contributed by atoms with Gasteiger partial charge in [-0.05, 0) is 41.8 Å². The molecule has 2 rings (SSSR count). The minimum absolute atomic E-state index is 0.0834. The maximum Gasteiger partial charge on any atom is 0.119 e. The molecule has 0 heterocycles. The Balaban J connectivity index is 1.96. The van der Waals surface area contributed by atoms with Gasteiger partial charge in [-0.3, -0.25) is 0 Å². The van der Waals surface area contributed by atoms with E-state index in [4.69, 9.17) is 10.5 Å². The minimum atomic E-state index is 0.0834. The topological polar surface area (TPSA) is 55.5 Å². The predicted octanol–water partition coefficient (Wildman–Crippen LogP) is 3.38. The van der Waals surface area contributed by atoms with Crippen molar-refractivity contribution in [1.82, 2.24) is 0 Å². The van der Waals surface area contributed by atoms with Crippen molar-refractivity contribution in [2.45, 2.75) is 26.0 Å². The van der Waals surface area contributed by atoms with Gasteiger partial charge in [0.05, 0.1) is 0 Å². The van der Waals surface area contributed by atoms with Crippen LogP contribution in [0.1, 0.15) is 30.5 Å². The number of aromatic hydroxyl groups is 1. The Morgan fingerprint density at radius 1 is 1.16 bits per heavy atom. The van der Waals surface area contributed by atoms with Gasteiger partial charge in [0.15, 0.2) is 0 Å². The molecule has 0 saturated heterocycles. The van der Waals surface area contributed by atoms with Crippen molar-refractivity contribution in [3.05, 3.63) is 59.7 Å². The highest BCUT2D eigenvalue weighted by Gasteiger charge is 2.03. The molecule has 0 aromatic heterocycles.